The number of hydrogen-bond donors (Lipinski definition) is 0. The van der Waals surface area contributed by atoms with E-state index in [1.807, 2.05) is 12.1 Å². The van der Waals surface area contributed by atoms with E-state index < -0.39 is 0 Å². The Morgan fingerprint density at radius 1 is 1.20 bits per heavy atom. The first-order chi connectivity index (χ1) is 7.33. The van der Waals surface area contributed by atoms with Crippen LogP contribution in [0.3, 0.4) is 0 Å². The molecule has 0 aliphatic heterocycles. The van der Waals surface area contributed by atoms with E-state index in [4.69, 9.17) is 11.6 Å². The summed E-state index contributed by atoms with van der Waals surface area (Å²) < 4.78 is 0. The summed E-state index contributed by atoms with van der Waals surface area (Å²) in [5.41, 5.74) is 3.63. The van der Waals surface area contributed by atoms with Crippen LogP contribution >= 0.6 is 11.6 Å². The summed E-state index contributed by atoms with van der Waals surface area (Å²) in [5.74, 6) is 0. The number of benzene rings is 1. The van der Waals surface area contributed by atoms with Gasteiger partial charge in [-0.2, -0.15) is 0 Å². The standard InChI is InChI=1S/C14H13Cl/c1-2-12-13(9-6-10-14(12)15)11-7-4-3-5-8-11/h2-5,7-8,10H,1,6,9H2. The third-order valence-corrected chi connectivity index (χ3v) is 2.98. The van der Waals surface area contributed by atoms with Gasteiger partial charge in [0.2, 0.25) is 0 Å². The van der Waals surface area contributed by atoms with Crippen molar-refractivity contribution in [2.45, 2.75) is 12.8 Å². The molecule has 0 fully saturated rings. The Morgan fingerprint density at radius 2 is 1.93 bits per heavy atom. The maximum Gasteiger partial charge on any atom is 0.0441 e. The van der Waals surface area contributed by atoms with Gasteiger partial charge >= 0.3 is 0 Å². The van der Waals surface area contributed by atoms with Crippen LogP contribution in [0.25, 0.3) is 5.57 Å². The zero-order valence-corrected chi connectivity index (χ0v) is 9.30. The Balaban J connectivity index is 2.51. The van der Waals surface area contributed by atoms with Crippen LogP contribution in [-0.4, -0.2) is 0 Å². The SMILES string of the molecule is C=CC1=C(c2ccccc2)CCC=C1Cl. The van der Waals surface area contributed by atoms with Crippen LogP contribution in [0.5, 0.6) is 0 Å². The topological polar surface area (TPSA) is 0 Å². The van der Waals surface area contributed by atoms with Gasteiger partial charge in [0.25, 0.3) is 0 Å². The molecule has 0 saturated heterocycles. The van der Waals surface area contributed by atoms with E-state index in [9.17, 15) is 0 Å². The van der Waals surface area contributed by atoms with E-state index in [1.54, 1.807) is 0 Å². The monoisotopic (exact) mass is 216 g/mol. The van der Waals surface area contributed by atoms with Crippen LogP contribution in [0.15, 0.2) is 59.7 Å². The van der Waals surface area contributed by atoms with Gasteiger partial charge in [0.1, 0.15) is 0 Å². The van der Waals surface area contributed by atoms with Crippen molar-refractivity contribution in [3.63, 3.8) is 0 Å². The maximum absolute atomic E-state index is 6.16. The minimum atomic E-state index is 0.829. The largest absolute Gasteiger partial charge is 0.0984 e. The molecule has 1 aliphatic rings. The summed E-state index contributed by atoms with van der Waals surface area (Å²) in [6.07, 6.45) is 5.97. The molecule has 0 unspecified atom stereocenters. The van der Waals surface area contributed by atoms with Crippen LogP contribution in [0, 0.1) is 0 Å². The second-order valence-corrected chi connectivity index (χ2v) is 3.96. The predicted molar refractivity (Wildman–Crippen MR) is 66.7 cm³/mol. The van der Waals surface area contributed by atoms with Crippen molar-refractivity contribution in [1.29, 1.82) is 0 Å². The van der Waals surface area contributed by atoms with Crippen LogP contribution in [0.4, 0.5) is 0 Å². The molecular weight excluding hydrogens is 204 g/mol. The molecule has 0 bridgehead atoms. The van der Waals surface area contributed by atoms with Crippen molar-refractivity contribution in [1.82, 2.24) is 0 Å². The van der Waals surface area contributed by atoms with Crippen molar-refractivity contribution in [2.75, 3.05) is 0 Å². The fraction of sp³-hybridized carbons (Fsp3) is 0.143. The lowest BCUT2D eigenvalue weighted by Gasteiger charge is -2.16. The molecule has 0 heterocycles. The second-order valence-electron chi connectivity index (χ2n) is 3.55. The third-order valence-electron chi connectivity index (χ3n) is 2.63. The Labute approximate surface area is 95.6 Å². The van der Waals surface area contributed by atoms with Gasteiger partial charge in [-0.05, 0) is 29.6 Å². The second kappa shape index (κ2) is 4.50. The van der Waals surface area contributed by atoms with Gasteiger partial charge in [-0.3, -0.25) is 0 Å². The Bertz CT molecular complexity index is 424. The highest BCUT2D eigenvalue weighted by atomic mass is 35.5. The molecule has 0 amide bonds. The lowest BCUT2D eigenvalue weighted by molar-refractivity contribution is 1.04. The molecule has 0 radical (unpaired) electrons. The van der Waals surface area contributed by atoms with Crippen molar-refractivity contribution in [2.24, 2.45) is 0 Å². The lowest BCUT2D eigenvalue weighted by Crippen LogP contribution is -1.95. The first-order valence-corrected chi connectivity index (χ1v) is 5.48. The molecule has 1 aliphatic carbocycles. The van der Waals surface area contributed by atoms with E-state index in [0.717, 1.165) is 23.4 Å². The van der Waals surface area contributed by atoms with E-state index in [-0.39, 0.29) is 0 Å². The van der Waals surface area contributed by atoms with E-state index in [1.165, 1.54) is 11.1 Å². The van der Waals surface area contributed by atoms with Gasteiger partial charge in [-0.25, -0.2) is 0 Å². The first kappa shape index (κ1) is 10.3. The van der Waals surface area contributed by atoms with Gasteiger partial charge in [0.15, 0.2) is 0 Å². The van der Waals surface area contributed by atoms with Gasteiger partial charge in [-0.1, -0.05) is 60.7 Å². The Morgan fingerprint density at radius 3 is 2.60 bits per heavy atom. The number of allylic oxidation sites excluding steroid dienone is 5. The quantitative estimate of drug-likeness (QED) is 0.681. The molecule has 2 rings (SSSR count). The van der Waals surface area contributed by atoms with E-state index in [2.05, 4.69) is 36.9 Å². The highest BCUT2D eigenvalue weighted by molar-refractivity contribution is 6.33. The lowest BCUT2D eigenvalue weighted by atomic mass is 9.91. The molecule has 76 valence electrons. The fourth-order valence-corrected chi connectivity index (χ4v) is 2.19. The molecule has 1 aromatic carbocycles. The molecule has 0 atom stereocenters. The minimum Gasteiger partial charge on any atom is -0.0984 e. The molecule has 0 spiro atoms. The maximum atomic E-state index is 6.16. The summed E-state index contributed by atoms with van der Waals surface area (Å²) in [6, 6.07) is 10.4. The van der Waals surface area contributed by atoms with Gasteiger partial charge in [-0.15, -0.1) is 0 Å². The van der Waals surface area contributed by atoms with Crippen molar-refractivity contribution in [3.8, 4) is 0 Å². The van der Waals surface area contributed by atoms with Gasteiger partial charge in [0.05, 0.1) is 0 Å². The molecular formula is C14H13Cl. The normalized spacial score (nSPS) is 16.2. The zero-order chi connectivity index (χ0) is 10.7. The molecule has 0 nitrogen and oxygen atoms in total. The molecule has 0 saturated carbocycles. The van der Waals surface area contributed by atoms with Crippen molar-refractivity contribution < 1.29 is 0 Å². The number of rotatable bonds is 2. The summed E-state index contributed by atoms with van der Waals surface area (Å²) in [4.78, 5) is 0. The van der Waals surface area contributed by atoms with E-state index >= 15 is 0 Å². The molecule has 1 aromatic rings. The van der Waals surface area contributed by atoms with Crippen LogP contribution in [0.2, 0.25) is 0 Å². The Kier molecular flexibility index (Phi) is 3.08. The van der Waals surface area contributed by atoms with Gasteiger partial charge < -0.3 is 0 Å². The summed E-state index contributed by atoms with van der Waals surface area (Å²) >= 11 is 6.16. The van der Waals surface area contributed by atoms with E-state index in [0.29, 0.717) is 0 Å². The van der Waals surface area contributed by atoms with Crippen LogP contribution in [-0.2, 0) is 0 Å². The van der Waals surface area contributed by atoms with Crippen LogP contribution < -0.4 is 0 Å². The first-order valence-electron chi connectivity index (χ1n) is 5.10. The smallest absolute Gasteiger partial charge is 0.0441 e. The highest BCUT2D eigenvalue weighted by Crippen LogP contribution is 2.34. The van der Waals surface area contributed by atoms with Crippen molar-refractivity contribution in [3.05, 3.63) is 65.2 Å². The van der Waals surface area contributed by atoms with Crippen LogP contribution in [0.1, 0.15) is 18.4 Å². The molecule has 0 aromatic heterocycles. The minimum absolute atomic E-state index is 0.829. The molecule has 1 heteroatoms. The van der Waals surface area contributed by atoms with Crippen molar-refractivity contribution >= 4 is 17.2 Å². The average Bonchev–Trinajstić information content (AvgIpc) is 2.30. The fourth-order valence-electron chi connectivity index (χ4n) is 1.89. The summed E-state index contributed by atoms with van der Waals surface area (Å²) in [6.45, 7) is 3.83. The Hall–Kier alpha value is -1.27. The number of halogens is 1. The molecule has 0 N–H and O–H groups in total. The summed E-state index contributed by atoms with van der Waals surface area (Å²) in [5, 5.41) is 0.829. The zero-order valence-electron chi connectivity index (χ0n) is 8.54. The third kappa shape index (κ3) is 2.05. The number of hydrogen-bond acceptors (Lipinski definition) is 0. The highest BCUT2D eigenvalue weighted by Gasteiger charge is 2.13. The molecule has 15 heavy (non-hydrogen) atoms. The average molecular weight is 217 g/mol. The van der Waals surface area contributed by atoms with Gasteiger partial charge in [0, 0.05) is 5.03 Å². The predicted octanol–water partition coefficient (Wildman–Crippen LogP) is 4.54. The summed E-state index contributed by atoms with van der Waals surface area (Å²) in [7, 11) is 0.